The summed E-state index contributed by atoms with van der Waals surface area (Å²) in [6.45, 7) is 3.56. The molecule has 0 heterocycles. The lowest BCUT2D eigenvalue weighted by Crippen LogP contribution is -2.24. The van der Waals surface area contributed by atoms with Crippen LogP contribution < -0.4 is 10.0 Å². The van der Waals surface area contributed by atoms with E-state index < -0.39 is 29.3 Å². The summed E-state index contributed by atoms with van der Waals surface area (Å²) in [7, 11) is -5.99. The van der Waals surface area contributed by atoms with Crippen molar-refractivity contribution in [3.8, 4) is 0 Å². The number of carbonyl (C=O) groups is 1. The number of carbonyl (C=O) groups excluding carboxylic acids is 1. The Morgan fingerprint density at radius 2 is 1.84 bits per heavy atom. The highest BCUT2D eigenvalue weighted by atomic mass is 35.5. The van der Waals surface area contributed by atoms with Crippen LogP contribution in [-0.4, -0.2) is 46.5 Å². The monoisotopic (exact) mass is 412 g/mol. The van der Waals surface area contributed by atoms with E-state index in [-0.39, 0.29) is 35.6 Å². The van der Waals surface area contributed by atoms with Gasteiger partial charge in [0.05, 0.1) is 41.4 Å². The number of hydrogen-bond acceptors (Lipinski definition) is 6. The van der Waals surface area contributed by atoms with Gasteiger partial charge in [0.15, 0.2) is 0 Å². The summed E-state index contributed by atoms with van der Waals surface area (Å²) in [5.74, 6) is -1.03. The highest BCUT2D eigenvalue weighted by molar-refractivity contribution is 7.93. The fourth-order valence-corrected chi connectivity index (χ4v) is 5.82. The number of halogens is 1. The summed E-state index contributed by atoms with van der Waals surface area (Å²) in [4.78, 5) is 11.9. The Labute approximate surface area is 152 Å². The van der Waals surface area contributed by atoms with Crippen LogP contribution >= 0.6 is 19.2 Å². The molecule has 0 aliphatic rings. The summed E-state index contributed by atoms with van der Waals surface area (Å²) in [6.07, 6.45) is -0.306. The van der Waals surface area contributed by atoms with E-state index in [9.17, 15) is 17.8 Å². The normalized spacial score (nSPS) is 12.0. The van der Waals surface area contributed by atoms with Crippen molar-refractivity contribution in [1.29, 1.82) is 0 Å². The van der Waals surface area contributed by atoms with Gasteiger partial charge in [0.1, 0.15) is 0 Å². The topological polar surface area (TPSA) is 111 Å². The molecule has 1 amide bonds. The lowest BCUT2D eigenvalue weighted by atomic mass is 10.1. The van der Waals surface area contributed by atoms with Gasteiger partial charge in [0.2, 0.25) is 10.0 Å². The van der Waals surface area contributed by atoms with Gasteiger partial charge in [0.25, 0.3) is 5.91 Å². The average molecular weight is 413 g/mol. The Morgan fingerprint density at radius 1 is 1.24 bits per heavy atom. The maximum atomic E-state index is 12.4. The average Bonchev–Trinajstić information content (AvgIpc) is 2.53. The van der Waals surface area contributed by atoms with Crippen molar-refractivity contribution in [2.24, 2.45) is 0 Å². The molecule has 1 rings (SSSR count). The second kappa shape index (κ2) is 9.54. The van der Waals surface area contributed by atoms with Gasteiger partial charge in [-0.2, -0.15) is 0 Å². The predicted molar refractivity (Wildman–Crippen MR) is 98.0 cm³/mol. The van der Waals surface area contributed by atoms with Crippen LogP contribution in [0.25, 0.3) is 0 Å². The van der Waals surface area contributed by atoms with E-state index >= 15 is 0 Å². The number of benzene rings is 1. The fourth-order valence-electron chi connectivity index (χ4n) is 1.98. The van der Waals surface area contributed by atoms with Gasteiger partial charge < -0.3 is 14.4 Å². The molecule has 0 spiro atoms. The van der Waals surface area contributed by atoms with E-state index in [0.29, 0.717) is 0 Å². The highest BCUT2D eigenvalue weighted by Gasteiger charge is 2.27. The van der Waals surface area contributed by atoms with Gasteiger partial charge in [-0.3, -0.25) is 14.1 Å². The Kier molecular flexibility index (Phi) is 8.37. The number of sulfonamides is 1. The molecular formula is C14H22ClN2O6PS. The summed E-state index contributed by atoms with van der Waals surface area (Å²) < 4.78 is 49.4. The van der Waals surface area contributed by atoms with Crippen LogP contribution in [0.4, 0.5) is 5.69 Å². The molecule has 25 heavy (non-hydrogen) atoms. The molecule has 0 radical (unpaired) electrons. The molecule has 0 bridgehead atoms. The molecule has 1 aromatic rings. The van der Waals surface area contributed by atoms with E-state index in [1.807, 2.05) is 0 Å². The highest BCUT2D eigenvalue weighted by Crippen LogP contribution is 2.47. The molecule has 0 aromatic heterocycles. The van der Waals surface area contributed by atoms with Crippen LogP contribution in [0.15, 0.2) is 18.2 Å². The first-order valence-electron chi connectivity index (χ1n) is 7.57. The van der Waals surface area contributed by atoms with Crippen molar-refractivity contribution in [1.82, 2.24) is 5.32 Å². The smallest absolute Gasteiger partial charge is 0.331 e. The third kappa shape index (κ3) is 6.60. The molecule has 0 saturated heterocycles. The maximum Gasteiger partial charge on any atom is 0.331 e. The van der Waals surface area contributed by atoms with E-state index in [1.165, 1.54) is 25.2 Å². The second-order valence-electron chi connectivity index (χ2n) is 4.83. The molecule has 0 aliphatic carbocycles. The maximum absolute atomic E-state index is 12.4. The Hall–Kier alpha value is -1.12. The summed E-state index contributed by atoms with van der Waals surface area (Å²) in [5.41, 5.74) is 0.0440. The van der Waals surface area contributed by atoms with Gasteiger partial charge in [-0.25, -0.2) is 8.42 Å². The van der Waals surface area contributed by atoms with E-state index in [0.717, 1.165) is 0 Å². The van der Waals surface area contributed by atoms with Crippen LogP contribution in [-0.2, 0) is 23.6 Å². The zero-order valence-electron chi connectivity index (χ0n) is 14.2. The minimum Gasteiger partial charge on any atom is -0.355 e. The third-order valence-electron chi connectivity index (χ3n) is 3.02. The standard InChI is InChI=1S/C14H22ClN2O6PS/c1-4-22-24(19,23-5-2)9-10-25(20,21)17-12-8-6-7-11(15)13(12)14(18)16-3/h6-8,17H,4-5,9-10H2,1-3H3,(H,16,18). The number of amides is 1. The largest absolute Gasteiger partial charge is 0.355 e. The first-order valence-corrected chi connectivity index (χ1v) is 11.3. The molecule has 2 N–H and O–H groups in total. The molecule has 1 aromatic carbocycles. The van der Waals surface area contributed by atoms with Gasteiger partial charge >= 0.3 is 7.60 Å². The first kappa shape index (κ1) is 21.9. The summed E-state index contributed by atoms with van der Waals surface area (Å²) in [5, 5.41) is 2.50. The van der Waals surface area contributed by atoms with Gasteiger partial charge in [0, 0.05) is 7.05 Å². The summed E-state index contributed by atoms with van der Waals surface area (Å²) >= 11 is 5.98. The summed E-state index contributed by atoms with van der Waals surface area (Å²) in [6, 6.07) is 4.40. The Balaban J connectivity index is 2.97. The van der Waals surface area contributed by atoms with Gasteiger partial charge in [-0.15, -0.1) is 0 Å². The zero-order valence-corrected chi connectivity index (χ0v) is 16.7. The number of nitrogens with one attached hydrogen (secondary N) is 2. The number of hydrogen-bond donors (Lipinski definition) is 2. The lowest BCUT2D eigenvalue weighted by molar-refractivity contribution is 0.0964. The zero-order chi connectivity index (χ0) is 19.1. The van der Waals surface area contributed by atoms with Gasteiger partial charge in [-0.05, 0) is 26.0 Å². The fraction of sp³-hybridized carbons (Fsp3) is 0.500. The van der Waals surface area contributed by atoms with E-state index in [4.69, 9.17) is 20.6 Å². The SMILES string of the molecule is CCOP(=O)(CCS(=O)(=O)Nc1cccc(Cl)c1C(=O)NC)OCC. The molecule has 0 aliphatic heterocycles. The van der Waals surface area contributed by atoms with Crippen LogP contribution in [0.1, 0.15) is 24.2 Å². The predicted octanol–water partition coefficient (Wildman–Crippen LogP) is 2.71. The molecule has 0 saturated carbocycles. The van der Waals surface area contributed by atoms with Crippen LogP contribution in [0.2, 0.25) is 5.02 Å². The molecule has 0 unspecified atom stereocenters. The number of anilines is 1. The lowest BCUT2D eigenvalue weighted by Gasteiger charge is -2.18. The molecule has 8 nitrogen and oxygen atoms in total. The van der Waals surface area contributed by atoms with Crippen molar-refractivity contribution in [3.05, 3.63) is 28.8 Å². The second-order valence-corrected chi connectivity index (χ2v) is 9.27. The van der Waals surface area contributed by atoms with Crippen LogP contribution in [0, 0.1) is 0 Å². The quantitative estimate of drug-likeness (QED) is 0.571. The minimum absolute atomic E-state index is 0.00745. The van der Waals surface area contributed by atoms with Crippen molar-refractivity contribution >= 4 is 40.8 Å². The molecule has 0 fully saturated rings. The van der Waals surface area contributed by atoms with E-state index in [2.05, 4.69) is 10.0 Å². The Morgan fingerprint density at radius 3 is 2.36 bits per heavy atom. The molecule has 11 heteroatoms. The van der Waals surface area contributed by atoms with Gasteiger partial charge in [-0.1, -0.05) is 17.7 Å². The first-order chi connectivity index (χ1) is 11.7. The molecule has 0 atom stereocenters. The van der Waals surface area contributed by atoms with Crippen LogP contribution in [0.3, 0.4) is 0 Å². The van der Waals surface area contributed by atoms with Crippen molar-refractivity contribution in [2.45, 2.75) is 13.8 Å². The minimum atomic E-state index is -3.91. The molecular weight excluding hydrogens is 391 g/mol. The third-order valence-corrected chi connectivity index (χ3v) is 6.98. The number of rotatable bonds is 10. The van der Waals surface area contributed by atoms with Crippen molar-refractivity contribution in [2.75, 3.05) is 36.9 Å². The van der Waals surface area contributed by atoms with Crippen molar-refractivity contribution < 1.29 is 26.8 Å². The van der Waals surface area contributed by atoms with Crippen LogP contribution in [0.5, 0.6) is 0 Å². The Bertz CT molecular complexity index is 746. The molecule has 142 valence electrons. The van der Waals surface area contributed by atoms with Crippen molar-refractivity contribution in [3.63, 3.8) is 0 Å². The van der Waals surface area contributed by atoms with E-state index in [1.54, 1.807) is 13.8 Å².